The van der Waals surface area contributed by atoms with Crippen molar-refractivity contribution in [3.05, 3.63) is 83.9 Å². The van der Waals surface area contributed by atoms with Gasteiger partial charge in [0.2, 0.25) is 11.8 Å². The third kappa shape index (κ3) is 6.54. The first-order chi connectivity index (χ1) is 20.2. The quantitative estimate of drug-likeness (QED) is 0.374. The Kier molecular flexibility index (Phi) is 9.01. The second kappa shape index (κ2) is 12.9. The molecular formula is C32H37N3O6S. The molecule has 0 radical (unpaired) electrons. The second-order valence-electron chi connectivity index (χ2n) is 10.8. The lowest BCUT2D eigenvalue weighted by Gasteiger charge is -2.33. The Bertz CT molecular complexity index is 1520. The summed E-state index contributed by atoms with van der Waals surface area (Å²) >= 11 is 0. The number of hydrogen-bond acceptors (Lipinski definition) is 6. The predicted octanol–water partition coefficient (Wildman–Crippen LogP) is 4.44. The molecule has 2 aliphatic rings. The van der Waals surface area contributed by atoms with E-state index in [1.807, 2.05) is 31.2 Å². The standard InChI is InChI=1S/C32H37N3O6S/c1-23-10-6-7-11-25(23)21-34(24(2)32(37)33-26-12-8-9-13-26)31(36)22-35(42(38,39)28-14-4-3-5-15-28)27-16-17-29-30(20-27)41-19-18-40-29/h3-7,10-11,14-17,20,24,26H,8-9,12-13,18-19,21-22H2,1-2H3,(H,33,37)/t24-/m1/s1. The Morgan fingerprint density at radius 2 is 1.60 bits per heavy atom. The van der Waals surface area contributed by atoms with Gasteiger partial charge in [0.1, 0.15) is 25.8 Å². The molecule has 0 bridgehead atoms. The van der Waals surface area contributed by atoms with E-state index in [1.165, 1.54) is 17.0 Å². The number of carbonyl (C=O) groups is 2. The molecule has 1 aliphatic heterocycles. The molecule has 42 heavy (non-hydrogen) atoms. The van der Waals surface area contributed by atoms with Crippen LogP contribution in [0.3, 0.4) is 0 Å². The van der Waals surface area contributed by atoms with Crippen LogP contribution in [-0.4, -0.2) is 57.0 Å². The lowest BCUT2D eigenvalue weighted by atomic mass is 10.1. The van der Waals surface area contributed by atoms with E-state index in [-0.39, 0.29) is 29.1 Å². The maximum Gasteiger partial charge on any atom is 0.264 e. The van der Waals surface area contributed by atoms with Crippen LogP contribution in [-0.2, 0) is 26.2 Å². The summed E-state index contributed by atoms with van der Waals surface area (Å²) in [5, 5.41) is 3.09. The van der Waals surface area contributed by atoms with Crippen molar-refractivity contribution < 1.29 is 27.5 Å². The summed E-state index contributed by atoms with van der Waals surface area (Å²) in [6.45, 7) is 4.02. The largest absolute Gasteiger partial charge is 0.486 e. The van der Waals surface area contributed by atoms with Gasteiger partial charge in [0.05, 0.1) is 10.6 Å². The van der Waals surface area contributed by atoms with E-state index in [9.17, 15) is 18.0 Å². The summed E-state index contributed by atoms with van der Waals surface area (Å²) < 4.78 is 40.4. The van der Waals surface area contributed by atoms with Gasteiger partial charge in [-0.15, -0.1) is 0 Å². The molecule has 10 heteroatoms. The molecule has 0 spiro atoms. The summed E-state index contributed by atoms with van der Waals surface area (Å²) in [6, 6.07) is 19.7. The zero-order valence-electron chi connectivity index (χ0n) is 24.0. The van der Waals surface area contributed by atoms with Gasteiger partial charge in [-0.3, -0.25) is 13.9 Å². The molecule has 1 fully saturated rings. The van der Waals surface area contributed by atoms with Gasteiger partial charge in [-0.05, 0) is 62.1 Å². The maximum atomic E-state index is 14.2. The van der Waals surface area contributed by atoms with Crippen LogP contribution < -0.4 is 19.1 Å². The molecule has 3 aromatic rings. The monoisotopic (exact) mass is 591 g/mol. The molecule has 1 atom stereocenters. The Morgan fingerprint density at radius 3 is 2.31 bits per heavy atom. The topological polar surface area (TPSA) is 105 Å². The minimum absolute atomic E-state index is 0.0465. The third-order valence-corrected chi connectivity index (χ3v) is 9.68. The van der Waals surface area contributed by atoms with Gasteiger partial charge < -0.3 is 19.7 Å². The van der Waals surface area contributed by atoms with E-state index >= 15 is 0 Å². The Balaban J connectivity index is 1.50. The van der Waals surface area contributed by atoms with E-state index in [0.717, 1.165) is 41.1 Å². The number of rotatable bonds is 10. The summed E-state index contributed by atoms with van der Waals surface area (Å²) in [6.07, 6.45) is 3.95. The fourth-order valence-electron chi connectivity index (χ4n) is 5.38. The lowest BCUT2D eigenvalue weighted by molar-refractivity contribution is -0.139. The van der Waals surface area contributed by atoms with Gasteiger partial charge >= 0.3 is 0 Å². The normalized spacial score (nSPS) is 15.6. The van der Waals surface area contributed by atoms with Crippen LogP contribution in [0.15, 0.2) is 77.7 Å². The van der Waals surface area contributed by atoms with Crippen molar-refractivity contribution in [3.8, 4) is 11.5 Å². The zero-order chi connectivity index (χ0) is 29.7. The third-order valence-electron chi connectivity index (χ3n) is 7.89. The van der Waals surface area contributed by atoms with E-state index in [2.05, 4.69) is 5.32 Å². The summed E-state index contributed by atoms with van der Waals surface area (Å²) in [5.74, 6) is 0.162. The van der Waals surface area contributed by atoms with Crippen molar-refractivity contribution in [2.24, 2.45) is 0 Å². The fraction of sp³-hybridized carbons (Fsp3) is 0.375. The van der Waals surface area contributed by atoms with Crippen LogP contribution >= 0.6 is 0 Å². The Hall–Kier alpha value is -4.05. The van der Waals surface area contributed by atoms with Crippen molar-refractivity contribution >= 4 is 27.5 Å². The molecule has 0 aromatic heterocycles. The average molecular weight is 592 g/mol. The van der Waals surface area contributed by atoms with Crippen LogP contribution in [0.4, 0.5) is 5.69 Å². The van der Waals surface area contributed by atoms with E-state index < -0.39 is 28.5 Å². The molecular weight excluding hydrogens is 554 g/mol. The van der Waals surface area contributed by atoms with Crippen LogP contribution in [0.25, 0.3) is 0 Å². The number of benzene rings is 3. The molecule has 1 heterocycles. The van der Waals surface area contributed by atoms with Gasteiger partial charge in [0.15, 0.2) is 11.5 Å². The molecule has 0 unspecified atom stereocenters. The highest BCUT2D eigenvalue weighted by atomic mass is 32.2. The number of hydrogen-bond donors (Lipinski definition) is 1. The van der Waals surface area contributed by atoms with Crippen molar-refractivity contribution in [1.82, 2.24) is 10.2 Å². The number of fused-ring (bicyclic) bond motifs is 1. The number of ether oxygens (including phenoxy) is 2. The van der Waals surface area contributed by atoms with E-state index in [4.69, 9.17) is 9.47 Å². The number of aryl methyl sites for hydroxylation is 1. The molecule has 5 rings (SSSR count). The van der Waals surface area contributed by atoms with Crippen LogP contribution in [0.5, 0.6) is 11.5 Å². The maximum absolute atomic E-state index is 14.2. The minimum atomic E-state index is -4.17. The van der Waals surface area contributed by atoms with Gasteiger partial charge in [-0.1, -0.05) is 55.3 Å². The van der Waals surface area contributed by atoms with Crippen molar-refractivity contribution in [2.45, 2.75) is 63.1 Å². The van der Waals surface area contributed by atoms with Crippen molar-refractivity contribution in [2.75, 3.05) is 24.1 Å². The van der Waals surface area contributed by atoms with Crippen LogP contribution in [0, 0.1) is 6.92 Å². The van der Waals surface area contributed by atoms with Gasteiger partial charge in [-0.25, -0.2) is 8.42 Å². The Labute approximate surface area is 247 Å². The number of amides is 2. The molecule has 1 saturated carbocycles. The highest BCUT2D eigenvalue weighted by Gasteiger charge is 2.34. The van der Waals surface area contributed by atoms with E-state index in [0.29, 0.717) is 24.7 Å². The molecule has 2 amide bonds. The molecule has 3 aromatic carbocycles. The van der Waals surface area contributed by atoms with Crippen molar-refractivity contribution in [3.63, 3.8) is 0 Å². The molecule has 1 aliphatic carbocycles. The molecule has 0 saturated heterocycles. The minimum Gasteiger partial charge on any atom is -0.486 e. The van der Waals surface area contributed by atoms with Crippen molar-refractivity contribution in [1.29, 1.82) is 0 Å². The summed E-state index contributed by atoms with van der Waals surface area (Å²) in [4.78, 5) is 29.1. The fourth-order valence-corrected chi connectivity index (χ4v) is 6.81. The average Bonchev–Trinajstić information content (AvgIpc) is 3.52. The molecule has 1 N–H and O–H groups in total. The second-order valence-corrected chi connectivity index (χ2v) is 12.6. The summed E-state index contributed by atoms with van der Waals surface area (Å²) in [7, 11) is -4.17. The predicted molar refractivity (Wildman–Crippen MR) is 160 cm³/mol. The Morgan fingerprint density at radius 1 is 0.929 bits per heavy atom. The number of sulfonamides is 1. The molecule has 222 valence electrons. The summed E-state index contributed by atoms with van der Waals surface area (Å²) in [5.41, 5.74) is 2.11. The highest BCUT2D eigenvalue weighted by molar-refractivity contribution is 7.92. The zero-order valence-corrected chi connectivity index (χ0v) is 24.8. The smallest absolute Gasteiger partial charge is 0.264 e. The SMILES string of the molecule is Cc1ccccc1CN(C(=O)CN(c1ccc2c(c1)OCCO2)S(=O)(=O)c1ccccc1)[C@H](C)C(=O)NC1CCCC1. The lowest BCUT2D eigenvalue weighted by Crippen LogP contribution is -2.52. The number of nitrogens with zero attached hydrogens (tertiary/aromatic N) is 2. The van der Waals surface area contributed by atoms with Crippen LogP contribution in [0.2, 0.25) is 0 Å². The number of carbonyl (C=O) groups excluding carboxylic acids is 2. The number of anilines is 1. The van der Waals surface area contributed by atoms with Gasteiger partial charge in [0, 0.05) is 18.7 Å². The number of nitrogens with one attached hydrogen (secondary N) is 1. The van der Waals surface area contributed by atoms with Gasteiger partial charge in [-0.2, -0.15) is 0 Å². The van der Waals surface area contributed by atoms with Gasteiger partial charge in [0.25, 0.3) is 10.0 Å². The first-order valence-electron chi connectivity index (χ1n) is 14.4. The van der Waals surface area contributed by atoms with E-state index in [1.54, 1.807) is 43.3 Å². The first-order valence-corrected chi connectivity index (χ1v) is 15.8. The van der Waals surface area contributed by atoms with Crippen LogP contribution in [0.1, 0.15) is 43.7 Å². The highest BCUT2D eigenvalue weighted by Crippen LogP contribution is 2.36. The molecule has 9 nitrogen and oxygen atoms in total. The first kappa shape index (κ1) is 29.4.